The van der Waals surface area contributed by atoms with Gasteiger partial charge in [-0.05, 0) is 54.4 Å². The molecule has 6 nitrogen and oxygen atoms in total. The van der Waals surface area contributed by atoms with Crippen LogP contribution >= 0.6 is 15.9 Å². The molecule has 0 unspecified atom stereocenters. The van der Waals surface area contributed by atoms with Gasteiger partial charge in [-0.2, -0.15) is 4.98 Å². The summed E-state index contributed by atoms with van der Waals surface area (Å²) in [5.74, 6) is 0.587. The van der Waals surface area contributed by atoms with E-state index in [1.807, 2.05) is 48.2 Å². The van der Waals surface area contributed by atoms with Crippen LogP contribution in [0.4, 0.5) is 5.88 Å². The minimum absolute atomic E-state index is 0.0495. The summed E-state index contributed by atoms with van der Waals surface area (Å²) in [6.07, 6.45) is 0. The number of benzene rings is 4. The van der Waals surface area contributed by atoms with Gasteiger partial charge in [0, 0.05) is 36.2 Å². The fraction of sp³-hybridized carbons (Fsp3) is 0.182. The van der Waals surface area contributed by atoms with E-state index >= 15 is 0 Å². The number of rotatable bonds is 7. The van der Waals surface area contributed by atoms with Crippen molar-refractivity contribution in [2.45, 2.75) is 22.9 Å². The molecule has 5 aromatic rings. The summed E-state index contributed by atoms with van der Waals surface area (Å²) in [4.78, 5) is 9.22. The number of oxazole rings is 1. The molecular formula is C33H30BrN3O3S. The van der Waals surface area contributed by atoms with Crippen LogP contribution in [0.3, 0.4) is 0 Å². The second kappa shape index (κ2) is 11.6. The van der Waals surface area contributed by atoms with Crippen LogP contribution in [0.15, 0.2) is 128 Å². The van der Waals surface area contributed by atoms with Gasteiger partial charge in [-0.25, -0.2) is 8.42 Å². The maximum atomic E-state index is 13.9. The molecule has 0 amide bonds. The van der Waals surface area contributed by atoms with Crippen molar-refractivity contribution in [1.29, 1.82) is 0 Å². The van der Waals surface area contributed by atoms with Crippen molar-refractivity contribution in [3.8, 4) is 11.5 Å². The van der Waals surface area contributed by atoms with E-state index in [1.54, 1.807) is 24.3 Å². The number of anilines is 1. The number of hydrogen-bond acceptors (Lipinski definition) is 6. The number of hydrogen-bond donors (Lipinski definition) is 0. The van der Waals surface area contributed by atoms with Gasteiger partial charge in [0.15, 0.2) is 0 Å². The molecule has 2 heterocycles. The number of nitrogens with zero attached hydrogens (tertiary/aromatic N) is 3. The first-order valence-electron chi connectivity index (χ1n) is 13.6. The quantitative estimate of drug-likeness (QED) is 0.191. The van der Waals surface area contributed by atoms with Gasteiger partial charge in [-0.1, -0.05) is 94.3 Å². The predicted molar refractivity (Wildman–Crippen MR) is 165 cm³/mol. The highest BCUT2D eigenvalue weighted by atomic mass is 79.9. The number of aryl methyl sites for hydroxylation is 1. The smallest absolute Gasteiger partial charge is 0.236 e. The average Bonchev–Trinajstić information content (AvgIpc) is 3.46. The third-order valence-electron chi connectivity index (χ3n) is 7.45. The van der Waals surface area contributed by atoms with Crippen molar-refractivity contribution in [2.75, 3.05) is 31.1 Å². The molecule has 1 aliphatic rings. The average molecular weight is 629 g/mol. The zero-order valence-corrected chi connectivity index (χ0v) is 25.1. The lowest BCUT2D eigenvalue weighted by molar-refractivity contribution is 0.209. The van der Waals surface area contributed by atoms with E-state index in [9.17, 15) is 8.42 Å². The summed E-state index contributed by atoms with van der Waals surface area (Å²) in [6, 6.07) is 35.5. The Morgan fingerprint density at radius 1 is 0.756 bits per heavy atom. The summed E-state index contributed by atoms with van der Waals surface area (Å²) in [6.45, 7) is 4.66. The Morgan fingerprint density at radius 2 is 1.32 bits per heavy atom. The molecule has 208 valence electrons. The van der Waals surface area contributed by atoms with Crippen LogP contribution in [0.25, 0.3) is 11.5 Å². The van der Waals surface area contributed by atoms with Gasteiger partial charge >= 0.3 is 0 Å². The third-order valence-corrected chi connectivity index (χ3v) is 9.65. The highest BCUT2D eigenvalue weighted by Gasteiger charge is 2.34. The molecule has 1 saturated heterocycles. The van der Waals surface area contributed by atoms with E-state index in [0.717, 1.165) is 28.7 Å². The molecule has 0 atom stereocenters. The van der Waals surface area contributed by atoms with Gasteiger partial charge in [0.25, 0.3) is 0 Å². The Morgan fingerprint density at radius 3 is 1.88 bits per heavy atom. The normalized spacial score (nSPS) is 14.5. The van der Waals surface area contributed by atoms with E-state index in [0.29, 0.717) is 24.9 Å². The maximum absolute atomic E-state index is 13.9. The summed E-state index contributed by atoms with van der Waals surface area (Å²) < 4.78 is 34.8. The van der Waals surface area contributed by atoms with E-state index in [4.69, 9.17) is 4.42 Å². The molecule has 41 heavy (non-hydrogen) atoms. The summed E-state index contributed by atoms with van der Waals surface area (Å²) in [5, 5.41) is -0.0495. The molecular weight excluding hydrogens is 598 g/mol. The van der Waals surface area contributed by atoms with Crippen molar-refractivity contribution in [2.24, 2.45) is 0 Å². The zero-order valence-electron chi connectivity index (χ0n) is 22.7. The highest BCUT2D eigenvalue weighted by molar-refractivity contribution is 9.10. The van der Waals surface area contributed by atoms with Crippen molar-refractivity contribution in [1.82, 2.24) is 9.88 Å². The summed E-state index contributed by atoms with van der Waals surface area (Å²) in [5.41, 5.74) is 4.30. The topological polar surface area (TPSA) is 66.7 Å². The Bertz CT molecular complexity index is 1680. The molecule has 6 rings (SSSR count). The number of halogens is 1. The molecule has 8 heteroatoms. The lowest BCUT2D eigenvalue weighted by Crippen LogP contribution is -2.48. The summed E-state index contributed by atoms with van der Waals surface area (Å²) in [7, 11) is -3.93. The molecule has 1 aliphatic heterocycles. The van der Waals surface area contributed by atoms with E-state index in [2.05, 4.69) is 74.3 Å². The van der Waals surface area contributed by atoms with Gasteiger partial charge in [0.1, 0.15) is 0 Å². The lowest BCUT2D eigenvalue weighted by atomic mass is 9.96. The van der Waals surface area contributed by atoms with Crippen LogP contribution in [0.1, 0.15) is 22.7 Å². The fourth-order valence-electron chi connectivity index (χ4n) is 5.29. The second-order valence-electron chi connectivity index (χ2n) is 10.2. The van der Waals surface area contributed by atoms with Crippen LogP contribution in [-0.4, -0.2) is 44.5 Å². The molecule has 0 aliphatic carbocycles. The van der Waals surface area contributed by atoms with Crippen LogP contribution in [0.5, 0.6) is 0 Å². The molecule has 0 bridgehead atoms. The first kappa shape index (κ1) is 27.4. The molecule has 1 aromatic heterocycles. The maximum Gasteiger partial charge on any atom is 0.236 e. The van der Waals surface area contributed by atoms with Crippen molar-refractivity contribution in [3.05, 3.63) is 130 Å². The summed E-state index contributed by atoms with van der Waals surface area (Å²) >= 11 is 3.39. The first-order chi connectivity index (χ1) is 19.9. The SMILES string of the molecule is Cc1ccc(-c2nc(S(=O)(=O)c3ccc(Br)cc3)c(N3CCN(C(c4ccccc4)c4ccccc4)CC3)o2)cc1. The van der Waals surface area contributed by atoms with Crippen LogP contribution in [0.2, 0.25) is 0 Å². The first-order valence-corrected chi connectivity index (χ1v) is 15.9. The Labute approximate surface area is 249 Å². The number of sulfone groups is 1. The van der Waals surface area contributed by atoms with Gasteiger partial charge in [-0.15, -0.1) is 0 Å². The van der Waals surface area contributed by atoms with Crippen molar-refractivity contribution in [3.63, 3.8) is 0 Å². The molecule has 0 spiro atoms. The van der Waals surface area contributed by atoms with Crippen LogP contribution < -0.4 is 4.90 Å². The largest absolute Gasteiger partial charge is 0.419 e. The van der Waals surface area contributed by atoms with Gasteiger partial charge < -0.3 is 9.32 Å². The number of piperazine rings is 1. The number of aromatic nitrogens is 1. The molecule has 0 radical (unpaired) electrons. The van der Waals surface area contributed by atoms with E-state index in [-0.39, 0.29) is 16.0 Å². The second-order valence-corrected chi connectivity index (χ2v) is 13.0. The van der Waals surface area contributed by atoms with Gasteiger partial charge in [-0.3, -0.25) is 4.90 Å². The van der Waals surface area contributed by atoms with Crippen molar-refractivity contribution >= 4 is 31.7 Å². The van der Waals surface area contributed by atoms with Crippen LogP contribution in [0, 0.1) is 6.92 Å². The fourth-order valence-corrected chi connectivity index (χ4v) is 6.87. The minimum Gasteiger partial charge on any atom is -0.419 e. The lowest BCUT2D eigenvalue weighted by Gasteiger charge is -2.39. The van der Waals surface area contributed by atoms with Crippen molar-refractivity contribution < 1.29 is 12.8 Å². The zero-order chi connectivity index (χ0) is 28.4. The monoisotopic (exact) mass is 627 g/mol. The third kappa shape index (κ3) is 5.73. The molecule has 4 aromatic carbocycles. The van der Waals surface area contributed by atoms with E-state index in [1.165, 1.54) is 11.1 Å². The van der Waals surface area contributed by atoms with E-state index < -0.39 is 9.84 Å². The Balaban J connectivity index is 1.34. The molecule has 0 N–H and O–H groups in total. The standard InChI is InChI=1S/C33H30BrN3O3S/c1-24-12-14-27(15-13-24)31-35-32(41(38,39)29-18-16-28(34)17-19-29)33(40-31)37-22-20-36(21-23-37)30(25-8-4-2-5-9-25)26-10-6-3-7-11-26/h2-19,30H,20-23H2,1H3. The predicted octanol–water partition coefficient (Wildman–Crippen LogP) is 7.16. The highest BCUT2D eigenvalue weighted by Crippen LogP contribution is 2.37. The Hall–Kier alpha value is -3.72. The molecule has 1 fully saturated rings. The molecule has 0 saturated carbocycles. The van der Waals surface area contributed by atoms with Gasteiger partial charge in [0.05, 0.1) is 10.9 Å². The Kier molecular flexibility index (Phi) is 7.79. The van der Waals surface area contributed by atoms with Gasteiger partial charge in [0.2, 0.25) is 26.6 Å². The van der Waals surface area contributed by atoms with Crippen LogP contribution in [-0.2, 0) is 9.84 Å². The minimum atomic E-state index is -3.93.